The van der Waals surface area contributed by atoms with Crippen molar-refractivity contribution in [2.24, 2.45) is 0 Å². The minimum Gasteiger partial charge on any atom is -0.480 e. The largest absolute Gasteiger partial charge is 0.480 e. The van der Waals surface area contributed by atoms with E-state index < -0.39 is 29.8 Å². The first-order chi connectivity index (χ1) is 14.7. The second-order valence-corrected chi connectivity index (χ2v) is 7.08. The summed E-state index contributed by atoms with van der Waals surface area (Å²) in [5, 5.41) is 23.9. The molecule has 2 amide bonds. The molecule has 0 saturated carbocycles. The molecule has 1 unspecified atom stereocenters. The Morgan fingerprint density at radius 1 is 1.09 bits per heavy atom. The highest BCUT2D eigenvalue weighted by atomic mass is 16.4. The van der Waals surface area contributed by atoms with Crippen molar-refractivity contribution in [1.29, 1.82) is 0 Å². The summed E-state index contributed by atoms with van der Waals surface area (Å²) in [4.78, 5) is 51.3. The van der Waals surface area contributed by atoms with Gasteiger partial charge >= 0.3 is 11.9 Å². The van der Waals surface area contributed by atoms with Gasteiger partial charge in [0.05, 0.1) is 23.1 Å². The van der Waals surface area contributed by atoms with Crippen molar-refractivity contribution in [3.05, 3.63) is 41.9 Å². The number of nitrogens with zero attached hydrogens (tertiary/aromatic N) is 2. The number of nitrogens with one attached hydrogen (secondary N) is 2. The van der Waals surface area contributed by atoms with Crippen molar-refractivity contribution in [3.63, 3.8) is 0 Å². The molecule has 0 saturated heterocycles. The molecule has 0 aliphatic rings. The van der Waals surface area contributed by atoms with Crippen LogP contribution in [0.5, 0.6) is 0 Å². The summed E-state index contributed by atoms with van der Waals surface area (Å²) in [6.07, 6.45) is 6.90. The summed E-state index contributed by atoms with van der Waals surface area (Å²) < 4.78 is 1.41. The number of carboxylic acids is 2. The average Bonchev–Trinajstić information content (AvgIpc) is 3.14. The zero-order valence-electron chi connectivity index (χ0n) is 17.9. The fraction of sp³-hybridized carbons (Fsp3) is 0.381. The molecule has 1 atom stereocenters. The first-order valence-electron chi connectivity index (χ1n) is 9.96. The molecule has 1 heterocycles. The zero-order valence-corrected chi connectivity index (χ0v) is 17.9. The van der Waals surface area contributed by atoms with Crippen LogP contribution in [-0.2, 0) is 9.59 Å². The molecule has 11 heteroatoms. The van der Waals surface area contributed by atoms with Gasteiger partial charge in [0.25, 0.3) is 5.91 Å². The van der Waals surface area contributed by atoms with Crippen LogP contribution in [0.15, 0.2) is 30.7 Å². The topological polar surface area (TPSA) is 182 Å². The molecule has 0 fully saturated rings. The number of amides is 2. The number of anilines is 2. The van der Waals surface area contributed by atoms with E-state index in [1.807, 2.05) is 0 Å². The van der Waals surface area contributed by atoms with Crippen molar-refractivity contribution in [2.75, 3.05) is 10.6 Å². The lowest BCUT2D eigenvalue weighted by atomic mass is 10.0. The number of aromatic carboxylic acids is 1. The molecule has 32 heavy (non-hydrogen) atoms. The molecule has 6 N–H and O–H groups in total. The maximum Gasteiger partial charge on any atom is 0.338 e. The molecule has 0 radical (unpaired) electrons. The van der Waals surface area contributed by atoms with E-state index in [-0.39, 0.29) is 28.1 Å². The molecular weight excluding hydrogens is 420 g/mol. The smallest absolute Gasteiger partial charge is 0.338 e. The highest BCUT2D eigenvalue weighted by Crippen LogP contribution is 2.23. The Bertz CT molecular complexity index is 971. The highest BCUT2D eigenvalue weighted by molar-refractivity contribution is 6.13. The number of imidazole rings is 1. The van der Waals surface area contributed by atoms with E-state index in [1.165, 1.54) is 42.2 Å². The van der Waals surface area contributed by atoms with Crippen molar-refractivity contribution in [2.45, 2.75) is 52.0 Å². The number of aromatic nitrogens is 2. The Labute approximate surface area is 184 Å². The summed E-state index contributed by atoms with van der Waals surface area (Å²) in [5.41, 5.74) is -0.521. The molecule has 11 nitrogen and oxygen atoms in total. The molecule has 0 aliphatic carbocycles. The van der Waals surface area contributed by atoms with Crippen LogP contribution in [0.3, 0.4) is 0 Å². The molecule has 1 aromatic heterocycles. The molecular formula is C21H28N4O7. The van der Waals surface area contributed by atoms with Crippen LogP contribution >= 0.6 is 0 Å². The third-order valence-corrected chi connectivity index (χ3v) is 4.65. The van der Waals surface area contributed by atoms with Crippen LogP contribution in [0, 0.1) is 0 Å². The van der Waals surface area contributed by atoms with Gasteiger partial charge in [-0.2, -0.15) is 0 Å². The van der Waals surface area contributed by atoms with E-state index in [9.17, 15) is 29.4 Å². The van der Waals surface area contributed by atoms with Gasteiger partial charge < -0.3 is 30.9 Å². The van der Waals surface area contributed by atoms with Gasteiger partial charge in [0, 0.05) is 13.1 Å². The Kier molecular flexibility index (Phi) is 10.0. The second kappa shape index (κ2) is 12.2. The molecule has 0 spiro atoms. The quantitative estimate of drug-likeness (QED) is 0.381. The first-order valence-corrected chi connectivity index (χ1v) is 9.96. The van der Waals surface area contributed by atoms with Crippen molar-refractivity contribution in [1.82, 2.24) is 9.55 Å². The first kappa shape index (κ1) is 26.3. The van der Waals surface area contributed by atoms with Gasteiger partial charge in [0.15, 0.2) is 5.82 Å². The van der Waals surface area contributed by atoms with Crippen molar-refractivity contribution >= 4 is 35.3 Å². The minimum atomic E-state index is -1.38. The van der Waals surface area contributed by atoms with Gasteiger partial charge in [-0.05, 0) is 18.6 Å². The second-order valence-electron chi connectivity index (χ2n) is 7.08. The third-order valence-electron chi connectivity index (χ3n) is 4.65. The lowest BCUT2D eigenvalue weighted by Crippen LogP contribution is -2.20. The fourth-order valence-corrected chi connectivity index (χ4v) is 3.19. The van der Waals surface area contributed by atoms with Crippen LogP contribution in [0.25, 0.3) is 0 Å². The van der Waals surface area contributed by atoms with E-state index in [4.69, 9.17) is 0 Å². The number of carbonyl (C=O) groups is 4. The molecule has 0 aliphatic heterocycles. The van der Waals surface area contributed by atoms with Crippen molar-refractivity contribution < 1.29 is 34.9 Å². The number of unbranched alkanes of at least 4 members (excludes halogenated alkanes) is 3. The standard InChI is InChI=1S/C21H26N4O6.H2O/c1-3-4-5-6-10-16(20(28)29)25-11-17(22-12-25)24-19(27)14-8-7-9-15(23-13(2)26)18(14)21(30)31;/h7-9,11-12,16H,3-6,10H2,1-2H3,(H,23,26)(H,24,27)(H,28,29)(H,30,31);1H2. The highest BCUT2D eigenvalue weighted by Gasteiger charge is 2.23. The Morgan fingerprint density at radius 2 is 1.81 bits per heavy atom. The fourth-order valence-electron chi connectivity index (χ4n) is 3.19. The minimum absolute atomic E-state index is 0. The monoisotopic (exact) mass is 448 g/mol. The maximum atomic E-state index is 12.7. The molecule has 0 bridgehead atoms. The molecule has 174 valence electrons. The van der Waals surface area contributed by atoms with Gasteiger partial charge in [0.1, 0.15) is 6.04 Å². The predicted octanol–water partition coefficient (Wildman–Crippen LogP) is 2.56. The molecule has 2 aromatic rings. The molecule has 2 rings (SSSR count). The number of carboxylic acid groups (broad SMARTS) is 2. The third kappa shape index (κ3) is 6.91. The zero-order chi connectivity index (χ0) is 23.0. The van der Waals surface area contributed by atoms with E-state index >= 15 is 0 Å². The van der Waals surface area contributed by atoms with Crippen molar-refractivity contribution in [3.8, 4) is 0 Å². The SMILES string of the molecule is CCCCCCC(C(=O)O)n1cnc(NC(=O)c2cccc(NC(C)=O)c2C(=O)O)c1.O. The number of carbonyl (C=O) groups excluding carboxylic acids is 2. The summed E-state index contributed by atoms with van der Waals surface area (Å²) in [6, 6.07) is 3.33. The summed E-state index contributed by atoms with van der Waals surface area (Å²) in [5.74, 6) is -3.51. The molecule has 1 aromatic carbocycles. The summed E-state index contributed by atoms with van der Waals surface area (Å²) in [7, 11) is 0. The lowest BCUT2D eigenvalue weighted by Gasteiger charge is -2.13. The maximum absolute atomic E-state index is 12.7. The van der Waals surface area contributed by atoms with E-state index in [1.54, 1.807) is 0 Å². The Balaban J connectivity index is 0.00000512. The van der Waals surface area contributed by atoms with Crippen LogP contribution < -0.4 is 10.6 Å². The number of benzene rings is 1. The van der Waals surface area contributed by atoms with Gasteiger partial charge in [-0.1, -0.05) is 38.7 Å². The van der Waals surface area contributed by atoms with Gasteiger partial charge in [-0.15, -0.1) is 0 Å². The number of rotatable bonds is 11. The number of aliphatic carboxylic acids is 1. The summed E-state index contributed by atoms with van der Waals surface area (Å²) >= 11 is 0. The van der Waals surface area contributed by atoms with Crippen LogP contribution in [0.4, 0.5) is 11.5 Å². The van der Waals surface area contributed by atoms with Crippen LogP contribution in [-0.4, -0.2) is 49.0 Å². The van der Waals surface area contributed by atoms with Gasteiger partial charge in [0.2, 0.25) is 5.91 Å². The van der Waals surface area contributed by atoms with E-state index in [0.29, 0.717) is 6.42 Å². The van der Waals surface area contributed by atoms with E-state index in [2.05, 4.69) is 22.5 Å². The van der Waals surface area contributed by atoms with E-state index in [0.717, 1.165) is 25.7 Å². The van der Waals surface area contributed by atoms with Gasteiger partial charge in [-0.3, -0.25) is 9.59 Å². The predicted molar refractivity (Wildman–Crippen MR) is 117 cm³/mol. The Morgan fingerprint density at radius 3 is 2.41 bits per heavy atom. The normalized spacial score (nSPS) is 11.2. The number of hydrogen-bond acceptors (Lipinski definition) is 5. The lowest BCUT2D eigenvalue weighted by molar-refractivity contribution is -0.141. The van der Waals surface area contributed by atoms with Gasteiger partial charge in [-0.25, -0.2) is 14.6 Å². The van der Waals surface area contributed by atoms with Crippen LogP contribution in [0.2, 0.25) is 0 Å². The number of hydrogen-bond donors (Lipinski definition) is 4. The summed E-state index contributed by atoms with van der Waals surface area (Å²) in [6.45, 7) is 3.30. The van der Waals surface area contributed by atoms with Crippen LogP contribution in [0.1, 0.15) is 72.7 Å². The Hall–Kier alpha value is -3.73. The average molecular weight is 448 g/mol.